The molecular weight excluding hydrogens is 865 g/mol. The van der Waals surface area contributed by atoms with E-state index in [1.54, 1.807) is 0 Å². The second-order valence-corrected chi connectivity index (χ2v) is 20.3. The Bertz CT molecular complexity index is 1260. The summed E-state index contributed by atoms with van der Waals surface area (Å²) in [5.74, 6) is -0.940. The fourth-order valence-corrected chi connectivity index (χ4v) is 8.67. The molecule has 0 radical (unpaired) electrons. The third kappa shape index (κ3) is 56.0. The Morgan fingerprint density at radius 3 is 0.886 bits per heavy atom. The maximum absolute atomic E-state index is 12.9. The van der Waals surface area contributed by atoms with E-state index in [2.05, 4.69) is 81.5 Å². The highest BCUT2D eigenvalue weighted by atomic mass is 16.6. The normalized spacial score (nSPS) is 12.4. The predicted octanol–water partition coefficient (Wildman–Crippen LogP) is 20.4. The molecule has 0 saturated heterocycles. The Morgan fingerprint density at radius 1 is 0.286 bits per heavy atom. The summed E-state index contributed by atoms with van der Waals surface area (Å²) in [6, 6.07) is 0. The maximum Gasteiger partial charge on any atom is 0.306 e. The molecule has 6 heteroatoms. The van der Waals surface area contributed by atoms with Crippen LogP contribution < -0.4 is 0 Å². The van der Waals surface area contributed by atoms with Crippen LogP contribution in [0, 0.1) is 0 Å². The second-order valence-electron chi connectivity index (χ2n) is 20.3. The standard InChI is InChI=1S/C64H114O6/c1-4-7-10-13-16-19-22-25-28-31-34-36-39-42-45-48-51-54-57-63(66)69-60-61(70-64(67)58-55-52-49-46-43-40-37-33-30-27-24-21-18-15-12-9-6-3)59-68-62(65)56-53-50-47-44-41-38-35-32-29-26-23-20-17-14-11-8-5-2/h18,21,26-27,29-30,37,40,46,49,61H,4-17,19-20,22-25,28,31-36,38-39,41-45,47-48,50-60H2,1-3H3/b21-18+,29-26+,30-27+,40-37+,49-46+/t61-/m1/s1. The van der Waals surface area contributed by atoms with Crippen LogP contribution in [-0.4, -0.2) is 37.2 Å². The van der Waals surface area contributed by atoms with Crippen molar-refractivity contribution in [3.63, 3.8) is 0 Å². The fourth-order valence-electron chi connectivity index (χ4n) is 8.67. The van der Waals surface area contributed by atoms with Gasteiger partial charge in [-0.05, 0) is 83.5 Å². The first-order valence-corrected chi connectivity index (χ1v) is 30.3. The minimum absolute atomic E-state index is 0.0943. The van der Waals surface area contributed by atoms with Gasteiger partial charge in [0, 0.05) is 19.3 Å². The van der Waals surface area contributed by atoms with E-state index >= 15 is 0 Å². The van der Waals surface area contributed by atoms with Crippen molar-refractivity contribution in [1.29, 1.82) is 0 Å². The zero-order valence-corrected chi connectivity index (χ0v) is 46.5. The second kappa shape index (κ2) is 58.7. The lowest BCUT2D eigenvalue weighted by molar-refractivity contribution is -0.167. The van der Waals surface area contributed by atoms with Crippen molar-refractivity contribution in [3.8, 4) is 0 Å². The summed E-state index contributed by atoms with van der Waals surface area (Å²) in [5, 5.41) is 0. The molecule has 0 amide bonds. The van der Waals surface area contributed by atoms with Gasteiger partial charge >= 0.3 is 17.9 Å². The number of carbonyl (C=O) groups is 3. The summed E-state index contributed by atoms with van der Waals surface area (Å²) in [7, 11) is 0. The van der Waals surface area contributed by atoms with Crippen LogP contribution in [0.15, 0.2) is 60.8 Å². The minimum atomic E-state index is -0.803. The van der Waals surface area contributed by atoms with Gasteiger partial charge in [0.25, 0.3) is 0 Å². The van der Waals surface area contributed by atoms with Crippen molar-refractivity contribution >= 4 is 17.9 Å². The van der Waals surface area contributed by atoms with Crippen molar-refractivity contribution in [3.05, 3.63) is 60.8 Å². The van der Waals surface area contributed by atoms with Crippen LogP contribution in [0.4, 0.5) is 0 Å². The van der Waals surface area contributed by atoms with Crippen molar-refractivity contribution in [2.24, 2.45) is 0 Å². The quantitative estimate of drug-likeness (QED) is 0.0261. The lowest BCUT2D eigenvalue weighted by Gasteiger charge is -2.18. The molecule has 0 aliphatic rings. The topological polar surface area (TPSA) is 78.9 Å². The van der Waals surface area contributed by atoms with Gasteiger partial charge in [0.05, 0.1) is 0 Å². The number of ether oxygens (including phenoxy) is 3. The molecule has 406 valence electrons. The Balaban J connectivity index is 4.43. The molecule has 1 atom stereocenters. The lowest BCUT2D eigenvalue weighted by atomic mass is 10.0. The lowest BCUT2D eigenvalue weighted by Crippen LogP contribution is -2.30. The van der Waals surface area contributed by atoms with E-state index in [0.717, 1.165) is 64.2 Å². The van der Waals surface area contributed by atoms with Gasteiger partial charge in [-0.2, -0.15) is 0 Å². The van der Waals surface area contributed by atoms with Crippen molar-refractivity contribution in [2.45, 2.75) is 316 Å². The van der Waals surface area contributed by atoms with Crippen LogP contribution in [0.5, 0.6) is 0 Å². The van der Waals surface area contributed by atoms with Gasteiger partial charge < -0.3 is 14.2 Å². The first-order chi connectivity index (χ1) is 34.5. The van der Waals surface area contributed by atoms with E-state index in [1.807, 2.05) is 0 Å². The van der Waals surface area contributed by atoms with E-state index in [4.69, 9.17) is 14.2 Å². The largest absolute Gasteiger partial charge is 0.462 e. The van der Waals surface area contributed by atoms with Crippen LogP contribution in [-0.2, 0) is 28.6 Å². The van der Waals surface area contributed by atoms with Crippen molar-refractivity contribution in [2.75, 3.05) is 13.2 Å². The first-order valence-electron chi connectivity index (χ1n) is 30.3. The molecule has 0 aliphatic carbocycles. The molecule has 0 heterocycles. The molecule has 0 N–H and O–H groups in total. The van der Waals surface area contributed by atoms with Crippen LogP contribution in [0.25, 0.3) is 0 Å². The summed E-state index contributed by atoms with van der Waals surface area (Å²) in [5.41, 5.74) is 0. The van der Waals surface area contributed by atoms with Gasteiger partial charge in [0.2, 0.25) is 0 Å². The number of rotatable bonds is 55. The number of unbranched alkanes of at least 4 members (excludes halogenated alkanes) is 34. The Hall–Kier alpha value is -2.89. The highest BCUT2D eigenvalue weighted by Crippen LogP contribution is 2.16. The highest BCUT2D eigenvalue weighted by molar-refractivity contribution is 5.71. The van der Waals surface area contributed by atoms with E-state index in [9.17, 15) is 14.4 Å². The Morgan fingerprint density at radius 2 is 0.529 bits per heavy atom. The molecule has 0 fully saturated rings. The summed E-state index contributed by atoms with van der Waals surface area (Å²) in [6.07, 6.45) is 73.6. The monoisotopic (exact) mass is 979 g/mol. The van der Waals surface area contributed by atoms with Crippen molar-refractivity contribution < 1.29 is 28.6 Å². The average molecular weight is 980 g/mol. The average Bonchev–Trinajstić information content (AvgIpc) is 3.36. The summed E-state index contributed by atoms with van der Waals surface area (Å²) in [4.78, 5) is 38.2. The van der Waals surface area contributed by atoms with E-state index in [1.165, 1.54) is 199 Å². The molecule has 6 nitrogen and oxygen atoms in total. The molecule has 0 saturated carbocycles. The molecule has 0 aromatic carbocycles. The maximum atomic E-state index is 12.9. The molecule has 0 aliphatic heterocycles. The van der Waals surface area contributed by atoms with Gasteiger partial charge in [0.15, 0.2) is 6.10 Å². The minimum Gasteiger partial charge on any atom is -0.462 e. The predicted molar refractivity (Wildman–Crippen MR) is 302 cm³/mol. The highest BCUT2D eigenvalue weighted by Gasteiger charge is 2.19. The molecular formula is C64H114O6. The molecule has 0 aromatic rings. The molecule has 70 heavy (non-hydrogen) atoms. The van der Waals surface area contributed by atoms with E-state index in [-0.39, 0.29) is 37.5 Å². The molecule has 0 bridgehead atoms. The van der Waals surface area contributed by atoms with Crippen LogP contribution >= 0.6 is 0 Å². The number of hydrogen-bond donors (Lipinski definition) is 0. The molecule has 0 aromatic heterocycles. The van der Waals surface area contributed by atoms with Crippen LogP contribution in [0.1, 0.15) is 310 Å². The van der Waals surface area contributed by atoms with Crippen molar-refractivity contribution in [1.82, 2.24) is 0 Å². The first kappa shape index (κ1) is 67.1. The van der Waals surface area contributed by atoms with E-state index in [0.29, 0.717) is 19.3 Å². The zero-order chi connectivity index (χ0) is 50.7. The summed E-state index contributed by atoms with van der Waals surface area (Å²) >= 11 is 0. The van der Waals surface area contributed by atoms with Crippen LogP contribution in [0.3, 0.4) is 0 Å². The number of hydrogen-bond acceptors (Lipinski definition) is 6. The van der Waals surface area contributed by atoms with Gasteiger partial charge in [-0.15, -0.1) is 0 Å². The number of carbonyl (C=O) groups excluding carboxylic acids is 3. The van der Waals surface area contributed by atoms with E-state index < -0.39 is 6.10 Å². The third-order valence-electron chi connectivity index (χ3n) is 13.2. The molecule has 0 rings (SSSR count). The number of allylic oxidation sites excluding steroid dienone is 10. The van der Waals surface area contributed by atoms with Gasteiger partial charge in [-0.3, -0.25) is 14.4 Å². The Labute approximate surface area is 434 Å². The zero-order valence-electron chi connectivity index (χ0n) is 46.5. The fraction of sp³-hybridized carbons (Fsp3) is 0.797. The molecule has 0 spiro atoms. The van der Waals surface area contributed by atoms with Gasteiger partial charge in [-0.1, -0.05) is 268 Å². The number of esters is 3. The summed E-state index contributed by atoms with van der Waals surface area (Å²) < 4.78 is 16.9. The summed E-state index contributed by atoms with van der Waals surface area (Å²) in [6.45, 7) is 6.60. The molecule has 0 unspecified atom stereocenters. The van der Waals surface area contributed by atoms with Crippen LogP contribution in [0.2, 0.25) is 0 Å². The van der Waals surface area contributed by atoms with Gasteiger partial charge in [-0.25, -0.2) is 0 Å². The third-order valence-corrected chi connectivity index (χ3v) is 13.2. The Kier molecular flexibility index (Phi) is 56.3. The SMILES string of the molecule is CCCCC/C=C/C/C=C/C/C=C/C/C=C/CCCC(=O)O[C@H](COC(=O)CCCCCCCCC/C=C/CCCCCCCC)COC(=O)CCCCCCCCCCCCCCCCCCCC. The smallest absolute Gasteiger partial charge is 0.306 e. The van der Waals surface area contributed by atoms with Gasteiger partial charge in [0.1, 0.15) is 13.2 Å².